The standard InChI is InChI=1S/C17H19FN2O/c1-2-3-10-6-7-17(9-13(10)17)16-19-14-5-4-11(18)8-12(14)15(21)20-16/h4-5,8,10,13H,2-3,6-7,9H2,1H3,(H,19,20,21)/t10-,13-,17+/m1/s1. The normalized spacial score (nSPS) is 30.6. The Morgan fingerprint density at radius 1 is 1.48 bits per heavy atom. The molecule has 21 heavy (non-hydrogen) atoms. The van der Waals surface area contributed by atoms with Crippen molar-refractivity contribution < 1.29 is 4.39 Å². The lowest BCUT2D eigenvalue weighted by atomic mass is 9.98. The first-order chi connectivity index (χ1) is 10.1. The first-order valence-corrected chi connectivity index (χ1v) is 7.84. The number of aromatic nitrogens is 2. The number of hydrogen-bond acceptors (Lipinski definition) is 2. The average Bonchev–Trinajstić information content (AvgIpc) is 3.11. The molecular formula is C17H19FN2O. The fraction of sp³-hybridized carbons (Fsp3) is 0.529. The molecule has 2 aliphatic rings. The Morgan fingerprint density at radius 2 is 2.33 bits per heavy atom. The molecule has 3 nitrogen and oxygen atoms in total. The van der Waals surface area contributed by atoms with Crippen LogP contribution in [0, 0.1) is 17.7 Å². The maximum atomic E-state index is 13.3. The average molecular weight is 286 g/mol. The van der Waals surface area contributed by atoms with Gasteiger partial charge in [0.25, 0.3) is 5.56 Å². The summed E-state index contributed by atoms with van der Waals surface area (Å²) in [5.74, 6) is 1.90. The number of rotatable bonds is 3. The van der Waals surface area contributed by atoms with E-state index in [1.807, 2.05) is 0 Å². The van der Waals surface area contributed by atoms with E-state index in [0.717, 1.165) is 24.6 Å². The smallest absolute Gasteiger partial charge is 0.258 e. The SMILES string of the molecule is CCC[C@@H]1CC[C@]2(c3nc4ccc(F)cc4c(=O)[nH]3)C[C@H]12. The Morgan fingerprint density at radius 3 is 3.10 bits per heavy atom. The van der Waals surface area contributed by atoms with Gasteiger partial charge < -0.3 is 4.98 Å². The Balaban J connectivity index is 1.76. The zero-order valence-electron chi connectivity index (χ0n) is 12.2. The van der Waals surface area contributed by atoms with E-state index >= 15 is 0 Å². The highest BCUT2D eigenvalue weighted by atomic mass is 19.1. The van der Waals surface area contributed by atoms with Crippen molar-refractivity contribution in [1.29, 1.82) is 0 Å². The summed E-state index contributed by atoms with van der Waals surface area (Å²) in [6.07, 6.45) is 6.00. The molecule has 2 saturated carbocycles. The van der Waals surface area contributed by atoms with E-state index in [-0.39, 0.29) is 11.0 Å². The quantitative estimate of drug-likeness (QED) is 0.938. The zero-order chi connectivity index (χ0) is 14.6. The maximum absolute atomic E-state index is 13.3. The van der Waals surface area contributed by atoms with Crippen molar-refractivity contribution in [3.05, 3.63) is 40.2 Å². The summed E-state index contributed by atoms with van der Waals surface area (Å²) in [5.41, 5.74) is 0.490. The summed E-state index contributed by atoms with van der Waals surface area (Å²) in [5, 5.41) is 0.343. The molecule has 4 heteroatoms. The van der Waals surface area contributed by atoms with E-state index in [2.05, 4.69) is 16.9 Å². The van der Waals surface area contributed by atoms with Crippen LogP contribution < -0.4 is 5.56 Å². The van der Waals surface area contributed by atoms with Crippen molar-refractivity contribution >= 4 is 10.9 Å². The first kappa shape index (κ1) is 13.0. The van der Waals surface area contributed by atoms with Gasteiger partial charge in [-0.15, -0.1) is 0 Å². The number of fused-ring (bicyclic) bond motifs is 2. The molecule has 110 valence electrons. The molecule has 0 spiro atoms. The molecule has 4 rings (SSSR count). The minimum absolute atomic E-state index is 0.0988. The van der Waals surface area contributed by atoms with Gasteiger partial charge in [0, 0.05) is 5.41 Å². The molecule has 0 amide bonds. The summed E-state index contributed by atoms with van der Waals surface area (Å²) >= 11 is 0. The lowest BCUT2D eigenvalue weighted by molar-refractivity contribution is 0.439. The number of benzene rings is 1. The van der Waals surface area contributed by atoms with Gasteiger partial charge >= 0.3 is 0 Å². The fourth-order valence-electron chi connectivity index (χ4n) is 4.34. The third kappa shape index (κ3) is 1.84. The second-order valence-electron chi connectivity index (χ2n) is 6.63. The largest absolute Gasteiger partial charge is 0.310 e. The van der Waals surface area contributed by atoms with Crippen LogP contribution in [0.15, 0.2) is 23.0 Å². The van der Waals surface area contributed by atoms with Gasteiger partial charge in [-0.2, -0.15) is 0 Å². The third-order valence-electron chi connectivity index (χ3n) is 5.46. The predicted molar refractivity (Wildman–Crippen MR) is 79.7 cm³/mol. The Kier molecular flexibility index (Phi) is 2.72. The van der Waals surface area contributed by atoms with Crippen LogP contribution in [0.3, 0.4) is 0 Å². The molecular weight excluding hydrogens is 267 g/mol. The predicted octanol–water partition coefficient (Wildman–Crippen LogP) is 3.53. The Hall–Kier alpha value is -1.71. The fourth-order valence-corrected chi connectivity index (χ4v) is 4.34. The molecule has 1 heterocycles. The molecule has 0 saturated heterocycles. The lowest BCUT2D eigenvalue weighted by Gasteiger charge is -2.11. The highest BCUT2D eigenvalue weighted by Gasteiger charge is 2.63. The Bertz CT molecular complexity index is 769. The van der Waals surface area contributed by atoms with Crippen LogP contribution in [0.4, 0.5) is 4.39 Å². The number of H-pyrrole nitrogens is 1. The lowest BCUT2D eigenvalue weighted by Crippen LogP contribution is -2.19. The summed E-state index contributed by atoms with van der Waals surface area (Å²) in [6.45, 7) is 2.23. The molecule has 1 aromatic carbocycles. The van der Waals surface area contributed by atoms with Crippen LogP contribution in [0.1, 0.15) is 44.9 Å². The number of halogens is 1. The van der Waals surface area contributed by atoms with Gasteiger partial charge in [-0.1, -0.05) is 19.8 Å². The van der Waals surface area contributed by atoms with Gasteiger partial charge in [0.15, 0.2) is 0 Å². The van der Waals surface area contributed by atoms with E-state index in [1.54, 1.807) is 6.07 Å². The van der Waals surface area contributed by atoms with E-state index in [1.165, 1.54) is 31.4 Å². The Labute approximate surface area is 122 Å². The van der Waals surface area contributed by atoms with Crippen molar-refractivity contribution in [2.24, 2.45) is 11.8 Å². The van der Waals surface area contributed by atoms with Gasteiger partial charge in [-0.25, -0.2) is 9.37 Å². The summed E-state index contributed by atoms with van der Waals surface area (Å²) in [4.78, 5) is 19.8. The van der Waals surface area contributed by atoms with Crippen LogP contribution >= 0.6 is 0 Å². The van der Waals surface area contributed by atoms with Crippen molar-refractivity contribution in [3.8, 4) is 0 Å². The van der Waals surface area contributed by atoms with Crippen molar-refractivity contribution in [1.82, 2.24) is 9.97 Å². The number of nitrogens with one attached hydrogen (secondary N) is 1. The van der Waals surface area contributed by atoms with E-state index in [0.29, 0.717) is 16.8 Å². The minimum atomic E-state index is -0.395. The molecule has 1 N–H and O–H groups in total. The maximum Gasteiger partial charge on any atom is 0.258 e. The second kappa shape index (κ2) is 4.39. The minimum Gasteiger partial charge on any atom is -0.310 e. The van der Waals surface area contributed by atoms with Gasteiger partial charge in [-0.3, -0.25) is 4.79 Å². The van der Waals surface area contributed by atoms with Crippen LogP contribution in [0.5, 0.6) is 0 Å². The van der Waals surface area contributed by atoms with Crippen molar-refractivity contribution in [3.63, 3.8) is 0 Å². The molecule has 3 atom stereocenters. The molecule has 2 aromatic rings. The van der Waals surface area contributed by atoms with Crippen LogP contribution in [0.2, 0.25) is 0 Å². The molecule has 0 unspecified atom stereocenters. The van der Waals surface area contributed by atoms with Gasteiger partial charge in [-0.05, 0) is 49.3 Å². The van der Waals surface area contributed by atoms with Gasteiger partial charge in [0.1, 0.15) is 11.6 Å². The second-order valence-corrected chi connectivity index (χ2v) is 6.63. The number of nitrogens with zero attached hydrogens (tertiary/aromatic N) is 1. The van der Waals surface area contributed by atoms with E-state index in [4.69, 9.17) is 0 Å². The highest BCUT2D eigenvalue weighted by Crippen LogP contribution is 2.66. The van der Waals surface area contributed by atoms with Gasteiger partial charge in [0.05, 0.1) is 10.9 Å². The monoisotopic (exact) mass is 286 g/mol. The third-order valence-corrected chi connectivity index (χ3v) is 5.46. The highest BCUT2D eigenvalue weighted by molar-refractivity contribution is 5.77. The summed E-state index contributed by atoms with van der Waals surface area (Å²) in [6, 6.07) is 4.24. The molecule has 1 aromatic heterocycles. The molecule has 2 aliphatic carbocycles. The molecule has 0 bridgehead atoms. The summed E-state index contributed by atoms with van der Waals surface area (Å²) in [7, 11) is 0. The van der Waals surface area contributed by atoms with E-state index in [9.17, 15) is 9.18 Å². The van der Waals surface area contributed by atoms with E-state index < -0.39 is 5.82 Å². The molecule has 2 fully saturated rings. The number of hydrogen-bond donors (Lipinski definition) is 1. The molecule has 0 aliphatic heterocycles. The van der Waals surface area contributed by atoms with Crippen LogP contribution in [-0.2, 0) is 5.41 Å². The van der Waals surface area contributed by atoms with Crippen LogP contribution in [0.25, 0.3) is 10.9 Å². The molecule has 0 radical (unpaired) electrons. The van der Waals surface area contributed by atoms with Crippen molar-refractivity contribution in [2.75, 3.05) is 0 Å². The van der Waals surface area contributed by atoms with Crippen LogP contribution in [-0.4, -0.2) is 9.97 Å². The van der Waals surface area contributed by atoms with Gasteiger partial charge in [0.2, 0.25) is 0 Å². The summed E-state index contributed by atoms with van der Waals surface area (Å²) < 4.78 is 13.3. The zero-order valence-corrected chi connectivity index (χ0v) is 12.2. The number of aromatic amines is 1. The first-order valence-electron chi connectivity index (χ1n) is 7.84. The topological polar surface area (TPSA) is 45.8 Å². The van der Waals surface area contributed by atoms with Crippen molar-refractivity contribution in [2.45, 2.75) is 44.4 Å².